The van der Waals surface area contributed by atoms with Crippen molar-refractivity contribution in [1.82, 2.24) is 0 Å². The average Bonchev–Trinajstić information content (AvgIpc) is 2.10. The lowest BCUT2D eigenvalue weighted by Crippen LogP contribution is -2.07. The van der Waals surface area contributed by atoms with Gasteiger partial charge in [-0.25, -0.2) is 0 Å². The Morgan fingerprint density at radius 3 is 2.50 bits per heavy atom. The van der Waals surface area contributed by atoms with Gasteiger partial charge in [-0.15, -0.1) is 0 Å². The third-order valence-electron chi connectivity index (χ3n) is 2.37. The number of aliphatic hydroxyl groups is 1. The van der Waals surface area contributed by atoms with Crippen molar-refractivity contribution in [2.24, 2.45) is 11.8 Å². The smallest absolute Gasteiger partial charge is 0.129 e. The predicted molar refractivity (Wildman–Crippen MR) is 59.1 cm³/mol. The predicted octanol–water partition coefficient (Wildman–Crippen LogP) is 2.57. The van der Waals surface area contributed by atoms with E-state index in [1.165, 1.54) is 0 Å². The van der Waals surface area contributed by atoms with Crippen LogP contribution >= 0.6 is 0 Å². The summed E-state index contributed by atoms with van der Waals surface area (Å²) in [5.74, 6) is 1.28. The van der Waals surface area contributed by atoms with Crippen LogP contribution in [0.4, 0.5) is 0 Å². The maximum absolute atomic E-state index is 10.8. The SMILES string of the molecule is CC(=O)CCC(/C=C/CCO)C(C)C. The van der Waals surface area contributed by atoms with Crippen molar-refractivity contribution in [2.45, 2.75) is 40.0 Å². The van der Waals surface area contributed by atoms with Gasteiger partial charge in [0.25, 0.3) is 0 Å². The Kier molecular flexibility index (Phi) is 7.40. The van der Waals surface area contributed by atoms with E-state index in [0.29, 0.717) is 24.7 Å². The highest BCUT2D eigenvalue weighted by Crippen LogP contribution is 2.19. The molecule has 0 fully saturated rings. The molecule has 0 heterocycles. The van der Waals surface area contributed by atoms with Crippen LogP contribution in [0, 0.1) is 11.8 Å². The number of ketones is 1. The molecule has 1 atom stereocenters. The van der Waals surface area contributed by atoms with Gasteiger partial charge in [-0.3, -0.25) is 0 Å². The van der Waals surface area contributed by atoms with E-state index in [-0.39, 0.29) is 12.4 Å². The number of hydrogen-bond donors (Lipinski definition) is 1. The molecular formula is C12H22O2. The number of allylic oxidation sites excluding steroid dienone is 1. The van der Waals surface area contributed by atoms with Gasteiger partial charge in [0, 0.05) is 13.0 Å². The lowest BCUT2D eigenvalue weighted by molar-refractivity contribution is -0.117. The largest absolute Gasteiger partial charge is 0.396 e. The second-order valence-corrected chi connectivity index (χ2v) is 4.09. The van der Waals surface area contributed by atoms with Crippen LogP contribution in [-0.4, -0.2) is 17.5 Å². The maximum Gasteiger partial charge on any atom is 0.129 e. The van der Waals surface area contributed by atoms with Crippen LogP contribution in [0.25, 0.3) is 0 Å². The monoisotopic (exact) mass is 198 g/mol. The van der Waals surface area contributed by atoms with E-state index < -0.39 is 0 Å². The number of rotatable bonds is 7. The fourth-order valence-corrected chi connectivity index (χ4v) is 1.37. The zero-order chi connectivity index (χ0) is 11.0. The first-order valence-corrected chi connectivity index (χ1v) is 5.35. The van der Waals surface area contributed by atoms with Crippen LogP contribution in [0.15, 0.2) is 12.2 Å². The molecule has 2 nitrogen and oxygen atoms in total. The maximum atomic E-state index is 10.8. The van der Waals surface area contributed by atoms with Gasteiger partial charge in [0.1, 0.15) is 5.78 Å². The molecule has 0 aliphatic heterocycles. The molecule has 0 aliphatic rings. The lowest BCUT2D eigenvalue weighted by Gasteiger charge is -2.15. The van der Waals surface area contributed by atoms with Crippen molar-refractivity contribution in [3.8, 4) is 0 Å². The highest BCUT2D eigenvalue weighted by molar-refractivity contribution is 5.75. The molecule has 0 saturated carbocycles. The molecule has 82 valence electrons. The molecule has 14 heavy (non-hydrogen) atoms. The lowest BCUT2D eigenvalue weighted by atomic mass is 9.90. The standard InChI is InChI=1S/C12H22O2/c1-10(2)12(6-4-5-9-13)8-7-11(3)14/h4,6,10,12-13H,5,7-9H2,1-3H3/b6-4+. The normalized spacial score (nSPS) is 13.8. The quantitative estimate of drug-likeness (QED) is 0.638. The van der Waals surface area contributed by atoms with Gasteiger partial charge in [-0.2, -0.15) is 0 Å². The van der Waals surface area contributed by atoms with Crippen molar-refractivity contribution in [3.63, 3.8) is 0 Å². The van der Waals surface area contributed by atoms with E-state index in [0.717, 1.165) is 6.42 Å². The summed E-state index contributed by atoms with van der Waals surface area (Å²) < 4.78 is 0. The second-order valence-electron chi connectivity index (χ2n) is 4.09. The summed E-state index contributed by atoms with van der Waals surface area (Å²) >= 11 is 0. The molecule has 0 aromatic heterocycles. The molecule has 2 heteroatoms. The third-order valence-corrected chi connectivity index (χ3v) is 2.37. The topological polar surface area (TPSA) is 37.3 Å². The van der Waals surface area contributed by atoms with Gasteiger partial charge in [0.2, 0.25) is 0 Å². The fourth-order valence-electron chi connectivity index (χ4n) is 1.37. The van der Waals surface area contributed by atoms with Crippen molar-refractivity contribution in [1.29, 1.82) is 0 Å². The molecule has 0 bridgehead atoms. The Balaban J connectivity index is 3.95. The first-order chi connectivity index (χ1) is 6.57. The number of carbonyl (C=O) groups is 1. The summed E-state index contributed by atoms with van der Waals surface area (Å²) in [6, 6.07) is 0. The van der Waals surface area contributed by atoms with Gasteiger partial charge in [-0.05, 0) is 31.6 Å². The molecule has 0 saturated heterocycles. The molecule has 0 aromatic carbocycles. The summed E-state index contributed by atoms with van der Waals surface area (Å²) in [5, 5.41) is 8.63. The molecule has 0 rings (SSSR count). The van der Waals surface area contributed by atoms with E-state index in [4.69, 9.17) is 5.11 Å². The van der Waals surface area contributed by atoms with Gasteiger partial charge >= 0.3 is 0 Å². The molecule has 0 radical (unpaired) electrons. The molecule has 0 aliphatic carbocycles. The molecule has 0 spiro atoms. The number of Topliss-reactive ketones (excluding diaryl/α,β-unsaturated/α-hetero) is 1. The van der Waals surface area contributed by atoms with E-state index in [1.807, 2.05) is 6.08 Å². The minimum Gasteiger partial charge on any atom is -0.396 e. The van der Waals surface area contributed by atoms with Crippen LogP contribution in [0.5, 0.6) is 0 Å². The van der Waals surface area contributed by atoms with Gasteiger partial charge < -0.3 is 9.90 Å². The summed E-state index contributed by atoms with van der Waals surface area (Å²) in [6.07, 6.45) is 6.43. The van der Waals surface area contributed by atoms with Crippen LogP contribution in [-0.2, 0) is 4.79 Å². The highest BCUT2D eigenvalue weighted by Gasteiger charge is 2.10. The third kappa shape index (κ3) is 6.84. The molecule has 0 aromatic rings. The number of carbonyl (C=O) groups excluding carboxylic acids is 1. The van der Waals surface area contributed by atoms with E-state index in [1.54, 1.807) is 6.92 Å². The van der Waals surface area contributed by atoms with Gasteiger partial charge in [0.05, 0.1) is 0 Å². The van der Waals surface area contributed by atoms with E-state index in [2.05, 4.69) is 19.9 Å². The minimum absolute atomic E-state index is 0.202. The highest BCUT2D eigenvalue weighted by atomic mass is 16.2. The minimum atomic E-state index is 0.202. The average molecular weight is 198 g/mol. The van der Waals surface area contributed by atoms with Crippen LogP contribution in [0.1, 0.15) is 40.0 Å². The van der Waals surface area contributed by atoms with Gasteiger partial charge in [0.15, 0.2) is 0 Å². The number of aliphatic hydroxyl groups excluding tert-OH is 1. The summed E-state index contributed by atoms with van der Waals surface area (Å²) in [5.41, 5.74) is 0. The Morgan fingerprint density at radius 2 is 2.07 bits per heavy atom. The van der Waals surface area contributed by atoms with E-state index in [9.17, 15) is 4.79 Å². The van der Waals surface area contributed by atoms with Crippen molar-refractivity contribution in [3.05, 3.63) is 12.2 Å². The Morgan fingerprint density at radius 1 is 1.43 bits per heavy atom. The van der Waals surface area contributed by atoms with Crippen LogP contribution in [0.2, 0.25) is 0 Å². The fraction of sp³-hybridized carbons (Fsp3) is 0.750. The molecule has 1 unspecified atom stereocenters. The van der Waals surface area contributed by atoms with Crippen molar-refractivity contribution in [2.75, 3.05) is 6.61 Å². The van der Waals surface area contributed by atoms with Crippen LogP contribution in [0.3, 0.4) is 0 Å². The molecule has 0 amide bonds. The Bertz CT molecular complexity index is 183. The molecular weight excluding hydrogens is 176 g/mol. The van der Waals surface area contributed by atoms with Crippen molar-refractivity contribution < 1.29 is 9.90 Å². The number of hydrogen-bond acceptors (Lipinski definition) is 2. The van der Waals surface area contributed by atoms with Gasteiger partial charge in [-0.1, -0.05) is 26.0 Å². The zero-order valence-electron chi connectivity index (χ0n) is 9.49. The summed E-state index contributed by atoms with van der Waals surface area (Å²) in [7, 11) is 0. The van der Waals surface area contributed by atoms with Crippen molar-refractivity contribution >= 4 is 5.78 Å². The zero-order valence-corrected chi connectivity index (χ0v) is 9.49. The van der Waals surface area contributed by atoms with Crippen LogP contribution < -0.4 is 0 Å². The summed E-state index contributed by atoms with van der Waals surface area (Å²) in [4.78, 5) is 10.8. The summed E-state index contributed by atoms with van der Waals surface area (Å²) in [6.45, 7) is 6.16. The second kappa shape index (κ2) is 7.74. The Labute approximate surface area is 87.0 Å². The van der Waals surface area contributed by atoms with E-state index >= 15 is 0 Å². The molecule has 1 N–H and O–H groups in total. The Hall–Kier alpha value is -0.630. The first kappa shape index (κ1) is 13.4. The first-order valence-electron chi connectivity index (χ1n) is 5.35.